The van der Waals surface area contributed by atoms with Crippen molar-refractivity contribution in [3.05, 3.63) is 54.1 Å². The highest BCUT2D eigenvalue weighted by Crippen LogP contribution is 2.24. The molecule has 2 aromatic carbocycles. The molecule has 0 heterocycles. The smallest absolute Gasteiger partial charge is 0.493 e. The molecule has 0 fully saturated rings. The van der Waals surface area contributed by atoms with Crippen LogP contribution in [0.4, 0.5) is 26.3 Å². The molecule has 42 heavy (non-hydrogen) atoms. The van der Waals surface area contributed by atoms with Crippen LogP contribution in [0.25, 0.3) is 0 Å². The van der Waals surface area contributed by atoms with Gasteiger partial charge >= 0.3 is 24.5 Å². The number of carbonyl (C=O) groups is 2. The number of aliphatic carboxylic acids is 2. The van der Waals surface area contributed by atoms with Crippen LogP contribution < -0.4 is 25.7 Å². The van der Waals surface area contributed by atoms with E-state index in [1.54, 1.807) is 24.3 Å². The lowest BCUT2D eigenvalue weighted by Crippen LogP contribution is -2.42. The van der Waals surface area contributed by atoms with Crippen molar-refractivity contribution >= 4 is 27.9 Å². The summed E-state index contributed by atoms with van der Waals surface area (Å²) in [5, 5.41) is 19.9. The van der Waals surface area contributed by atoms with Gasteiger partial charge in [-0.05, 0) is 53.5 Å². The van der Waals surface area contributed by atoms with E-state index in [2.05, 4.69) is 9.89 Å². The second-order valence-electron chi connectivity index (χ2n) is 7.73. The highest BCUT2D eigenvalue weighted by atomic mass is 32.2. The number of oxime groups is 1. The maximum atomic E-state index is 12.5. The molecule has 7 N–H and O–H groups in total. The van der Waals surface area contributed by atoms with Crippen molar-refractivity contribution in [2.24, 2.45) is 16.6 Å². The molecule has 2 aromatic rings. The first-order chi connectivity index (χ1) is 19.3. The minimum Gasteiger partial charge on any atom is -0.493 e. The van der Waals surface area contributed by atoms with Crippen molar-refractivity contribution in [2.45, 2.75) is 36.3 Å². The topological polar surface area (TPSA) is 213 Å². The van der Waals surface area contributed by atoms with Crippen LogP contribution in [0.1, 0.15) is 12.0 Å². The maximum absolute atomic E-state index is 12.5. The molecular formula is C22H24F6N4O9S. The van der Waals surface area contributed by atoms with E-state index in [9.17, 15) is 44.7 Å². The number of halogens is 6. The second kappa shape index (κ2) is 15.5. The minimum absolute atomic E-state index is 0.197. The monoisotopic (exact) mass is 634 g/mol. The Bertz CT molecular complexity index is 1300. The van der Waals surface area contributed by atoms with Gasteiger partial charge in [-0.2, -0.15) is 17.9 Å². The van der Waals surface area contributed by atoms with Gasteiger partial charge < -0.3 is 36.0 Å². The SMILES string of the molecule is NC(N)=NOCCCOc1ccc(C[C@H](NS(=O)(=O)c2ccc(OC(F)(F)F)cc2)C(=O)O)cc1.O=C(O)C(F)(F)F. The van der Waals surface area contributed by atoms with Crippen molar-refractivity contribution in [1.82, 2.24) is 4.72 Å². The van der Waals surface area contributed by atoms with Crippen molar-refractivity contribution in [3.63, 3.8) is 0 Å². The lowest BCUT2D eigenvalue weighted by molar-refractivity contribution is -0.274. The van der Waals surface area contributed by atoms with E-state index in [0.29, 0.717) is 24.3 Å². The number of nitrogens with zero attached hydrogens (tertiary/aromatic N) is 1. The van der Waals surface area contributed by atoms with Crippen molar-refractivity contribution in [2.75, 3.05) is 13.2 Å². The molecule has 0 amide bonds. The molecule has 0 aromatic heterocycles. The maximum Gasteiger partial charge on any atom is 0.573 e. The van der Waals surface area contributed by atoms with Gasteiger partial charge in [0.05, 0.1) is 11.5 Å². The second-order valence-corrected chi connectivity index (χ2v) is 9.45. The fourth-order valence-corrected chi connectivity index (χ4v) is 3.84. The number of carboxylic acid groups (broad SMARTS) is 2. The zero-order valence-electron chi connectivity index (χ0n) is 21.1. The molecule has 0 radical (unpaired) electrons. The number of nitrogens with one attached hydrogen (secondary N) is 1. The predicted octanol–water partition coefficient (Wildman–Crippen LogP) is 2.17. The number of guanidine groups is 1. The Hall–Kier alpha value is -4.46. The standard InChI is InChI=1S/C20H23F3N4O7S.C2HF3O2/c21-20(22,23)34-15-6-8-16(9-7-15)35(30,31)27-17(18(28)29)12-13-2-4-14(5-3-13)32-10-1-11-33-26-19(24)25;3-2(4,5)1(6)7/h2-9,17,27H,1,10-12H2,(H,28,29)(H4,24,25,26);(H,6,7)/t17-;/m0./s1. The third kappa shape index (κ3) is 14.3. The molecule has 2 rings (SSSR count). The Morgan fingerprint density at radius 1 is 0.905 bits per heavy atom. The molecule has 0 spiro atoms. The molecule has 0 saturated carbocycles. The van der Waals surface area contributed by atoms with Gasteiger partial charge in [-0.15, -0.1) is 13.2 Å². The number of benzene rings is 2. The zero-order valence-corrected chi connectivity index (χ0v) is 21.9. The van der Waals surface area contributed by atoms with Crippen LogP contribution in [0.3, 0.4) is 0 Å². The molecule has 1 atom stereocenters. The van der Waals surface area contributed by atoms with Gasteiger partial charge in [0.2, 0.25) is 16.0 Å². The van der Waals surface area contributed by atoms with Crippen molar-refractivity contribution in [3.8, 4) is 11.5 Å². The number of rotatable bonds is 13. The summed E-state index contributed by atoms with van der Waals surface area (Å²) in [5.41, 5.74) is 10.7. The van der Waals surface area contributed by atoms with E-state index < -0.39 is 51.2 Å². The summed E-state index contributed by atoms with van der Waals surface area (Å²) in [6.45, 7) is 0.526. The Labute approximate surface area is 233 Å². The Kier molecular flexibility index (Phi) is 13.1. The number of ether oxygens (including phenoxy) is 2. The van der Waals surface area contributed by atoms with Gasteiger partial charge in [0, 0.05) is 6.42 Å². The van der Waals surface area contributed by atoms with Gasteiger partial charge in [0.15, 0.2) is 0 Å². The average molecular weight is 635 g/mol. The summed E-state index contributed by atoms with van der Waals surface area (Å²) in [6, 6.07) is 8.13. The van der Waals surface area contributed by atoms with Gasteiger partial charge in [-0.25, -0.2) is 13.2 Å². The van der Waals surface area contributed by atoms with Crippen LogP contribution in [-0.4, -0.2) is 68.3 Å². The largest absolute Gasteiger partial charge is 0.573 e. The predicted molar refractivity (Wildman–Crippen MR) is 131 cm³/mol. The first-order valence-electron chi connectivity index (χ1n) is 11.1. The van der Waals surface area contributed by atoms with E-state index >= 15 is 0 Å². The third-order valence-electron chi connectivity index (χ3n) is 4.39. The first kappa shape index (κ1) is 35.6. The van der Waals surface area contributed by atoms with Crippen LogP contribution in [0.15, 0.2) is 58.6 Å². The fourth-order valence-electron chi connectivity index (χ4n) is 2.65. The molecule has 0 aliphatic heterocycles. The molecule has 20 heteroatoms. The van der Waals surface area contributed by atoms with Crippen LogP contribution in [-0.2, 0) is 30.9 Å². The highest BCUT2D eigenvalue weighted by Gasteiger charge is 2.38. The Morgan fingerprint density at radius 2 is 1.43 bits per heavy atom. The van der Waals surface area contributed by atoms with Crippen LogP contribution in [0, 0.1) is 0 Å². The van der Waals surface area contributed by atoms with Crippen LogP contribution in [0.2, 0.25) is 0 Å². The Morgan fingerprint density at radius 3 is 1.88 bits per heavy atom. The van der Waals surface area contributed by atoms with E-state index in [1.807, 2.05) is 4.72 Å². The van der Waals surface area contributed by atoms with Gasteiger partial charge in [0.25, 0.3) is 0 Å². The van der Waals surface area contributed by atoms with Crippen LogP contribution >= 0.6 is 0 Å². The number of hydrogen-bond donors (Lipinski definition) is 5. The molecule has 0 aliphatic rings. The lowest BCUT2D eigenvalue weighted by Gasteiger charge is -2.16. The van der Waals surface area contributed by atoms with Gasteiger partial charge in [-0.3, -0.25) is 4.79 Å². The van der Waals surface area contributed by atoms with Crippen LogP contribution in [0.5, 0.6) is 11.5 Å². The van der Waals surface area contributed by atoms with E-state index in [1.165, 1.54) is 0 Å². The normalized spacial score (nSPS) is 12.2. The highest BCUT2D eigenvalue weighted by molar-refractivity contribution is 7.89. The summed E-state index contributed by atoms with van der Waals surface area (Å²) >= 11 is 0. The van der Waals surface area contributed by atoms with E-state index in [0.717, 1.165) is 24.3 Å². The third-order valence-corrected chi connectivity index (χ3v) is 5.88. The average Bonchev–Trinajstić information content (AvgIpc) is 2.85. The summed E-state index contributed by atoms with van der Waals surface area (Å²) in [6.07, 6.45) is -9.72. The number of alkyl halides is 6. The zero-order chi connectivity index (χ0) is 32.1. The summed E-state index contributed by atoms with van der Waals surface area (Å²) < 4.78 is 105. The van der Waals surface area contributed by atoms with E-state index in [-0.39, 0.29) is 19.0 Å². The molecular weight excluding hydrogens is 610 g/mol. The molecule has 0 bridgehead atoms. The number of nitrogens with two attached hydrogens (primary N) is 2. The fraction of sp³-hybridized carbons (Fsp3) is 0.318. The lowest BCUT2D eigenvalue weighted by atomic mass is 10.1. The minimum atomic E-state index is -5.08. The van der Waals surface area contributed by atoms with Crippen molar-refractivity contribution in [1.29, 1.82) is 0 Å². The molecule has 13 nitrogen and oxygen atoms in total. The summed E-state index contributed by atoms with van der Waals surface area (Å²) in [5.74, 6) is -4.52. The van der Waals surface area contributed by atoms with Gasteiger partial charge in [-0.1, -0.05) is 12.1 Å². The molecule has 0 aliphatic carbocycles. The summed E-state index contributed by atoms with van der Waals surface area (Å²) in [7, 11) is -4.35. The number of carboxylic acids is 2. The number of hydrogen-bond acceptors (Lipinski definition) is 8. The quantitative estimate of drug-likeness (QED) is 0.0708. The van der Waals surface area contributed by atoms with E-state index in [4.69, 9.17) is 30.9 Å². The molecule has 0 saturated heterocycles. The summed E-state index contributed by atoms with van der Waals surface area (Å²) in [4.78, 5) is 24.9. The molecule has 234 valence electrons. The first-order valence-corrected chi connectivity index (χ1v) is 12.6. The van der Waals surface area contributed by atoms with Gasteiger partial charge in [0.1, 0.15) is 24.1 Å². The Balaban J connectivity index is 0.00000112. The van der Waals surface area contributed by atoms with Crippen molar-refractivity contribution < 1.29 is 68.9 Å². The molecule has 0 unspecified atom stereocenters. The number of sulfonamides is 1.